The minimum Gasteiger partial charge on any atom is -0.496 e. The van der Waals surface area contributed by atoms with Crippen LogP contribution in [-0.2, 0) is 22.4 Å². The molecular formula is C20H24N2O3. The first-order valence-corrected chi connectivity index (χ1v) is 8.92. The van der Waals surface area contributed by atoms with E-state index in [4.69, 9.17) is 9.47 Å². The van der Waals surface area contributed by atoms with E-state index in [0.29, 0.717) is 12.3 Å². The van der Waals surface area contributed by atoms with Crippen molar-refractivity contribution in [1.29, 1.82) is 5.26 Å². The molecule has 1 N–H and O–H groups in total. The zero-order valence-electron chi connectivity index (χ0n) is 14.6. The number of aryl methyl sites for hydroxylation is 2. The standard InChI is InChI=1S/C20H24N2O3/c1-24-19-11-15-6-3-2-5-14(15)9-16(19)10-17(12-21)20(23)22-13-18-7-4-8-25-18/h9-11,18H,2-8,13H2,1H3,(H,22,23)/b17-10+/t18-/m0/s1. The molecule has 1 aromatic carbocycles. The van der Waals surface area contributed by atoms with Gasteiger partial charge in [-0.2, -0.15) is 5.26 Å². The lowest BCUT2D eigenvalue weighted by Crippen LogP contribution is -2.32. The van der Waals surface area contributed by atoms with Crippen molar-refractivity contribution in [1.82, 2.24) is 5.32 Å². The fraction of sp³-hybridized carbons (Fsp3) is 0.500. The molecule has 0 spiro atoms. The number of carbonyl (C=O) groups is 1. The first-order valence-electron chi connectivity index (χ1n) is 8.92. The summed E-state index contributed by atoms with van der Waals surface area (Å²) < 4.78 is 11.0. The van der Waals surface area contributed by atoms with Crippen LogP contribution in [0, 0.1) is 11.3 Å². The normalized spacial score (nSPS) is 19.8. The Hall–Kier alpha value is -2.32. The van der Waals surface area contributed by atoms with Crippen LogP contribution in [0.25, 0.3) is 6.08 Å². The zero-order valence-corrected chi connectivity index (χ0v) is 14.6. The highest BCUT2D eigenvalue weighted by molar-refractivity contribution is 6.02. The monoisotopic (exact) mass is 340 g/mol. The summed E-state index contributed by atoms with van der Waals surface area (Å²) in [5, 5.41) is 12.2. The van der Waals surface area contributed by atoms with Gasteiger partial charge in [0.2, 0.25) is 0 Å². The van der Waals surface area contributed by atoms with Crippen molar-refractivity contribution >= 4 is 12.0 Å². The molecule has 1 amide bonds. The van der Waals surface area contributed by atoms with E-state index in [1.165, 1.54) is 24.0 Å². The van der Waals surface area contributed by atoms with Crippen LogP contribution in [0.15, 0.2) is 17.7 Å². The summed E-state index contributed by atoms with van der Waals surface area (Å²) in [7, 11) is 1.62. The van der Waals surface area contributed by atoms with Gasteiger partial charge in [-0.15, -0.1) is 0 Å². The van der Waals surface area contributed by atoms with Gasteiger partial charge >= 0.3 is 0 Å². The topological polar surface area (TPSA) is 71.3 Å². The number of amides is 1. The second-order valence-corrected chi connectivity index (χ2v) is 6.58. The van der Waals surface area contributed by atoms with Gasteiger partial charge < -0.3 is 14.8 Å². The Kier molecular flexibility index (Phi) is 5.72. The maximum atomic E-state index is 12.3. The van der Waals surface area contributed by atoms with Crippen LogP contribution >= 0.6 is 0 Å². The molecule has 1 fully saturated rings. The van der Waals surface area contributed by atoms with Gasteiger partial charge in [-0.3, -0.25) is 4.79 Å². The number of ether oxygens (including phenoxy) is 2. The Balaban J connectivity index is 1.78. The number of benzene rings is 1. The molecule has 0 saturated carbocycles. The lowest BCUT2D eigenvalue weighted by Gasteiger charge is -2.18. The summed E-state index contributed by atoms with van der Waals surface area (Å²) in [6.45, 7) is 1.19. The Morgan fingerprint density at radius 2 is 2.12 bits per heavy atom. The maximum Gasteiger partial charge on any atom is 0.262 e. The van der Waals surface area contributed by atoms with E-state index in [0.717, 1.165) is 37.9 Å². The highest BCUT2D eigenvalue weighted by Crippen LogP contribution is 2.30. The minimum absolute atomic E-state index is 0.0576. The molecule has 0 aromatic heterocycles. The number of carbonyl (C=O) groups excluding carboxylic acids is 1. The number of hydrogen-bond donors (Lipinski definition) is 1. The van der Waals surface area contributed by atoms with Gasteiger partial charge in [-0.1, -0.05) is 0 Å². The molecule has 2 aliphatic rings. The third-order valence-corrected chi connectivity index (χ3v) is 4.87. The number of nitrogens with one attached hydrogen (secondary N) is 1. The molecule has 5 heteroatoms. The molecule has 5 nitrogen and oxygen atoms in total. The fourth-order valence-electron chi connectivity index (χ4n) is 3.48. The molecule has 25 heavy (non-hydrogen) atoms. The SMILES string of the molecule is COc1cc2c(cc1/C=C(\C#N)C(=O)NC[C@@H]1CCCO1)CCCC2. The smallest absolute Gasteiger partial charge is 0.262 e. The van der Waals surface area contributed by atoms with Crippen molar-refractivity contribution in [2.24, 2.45) is 0 Å². The van der Waals surface area contributed by atoms with Crippen molar-refractivity contribution in [3.63, 3.8) is 0 Å². The average molecular weight is 340 g/mol. The molecule has 1 heterocycles. The summed E-state index contributed by atoms with van der Waals surface area (Å²) in [6.07, 6.45) is 8.12. The summed E-state index contributed by atoms with van der Waals surface area (Å²) in [4.78, 5) is 12.3. The first kappa shape index (κ1) is 17.5. The largest absolute Gasteiger partial charge is 0.496 e. The number of hydrogen-bond acceptors (Lipinski definition) is 4. The molecule has 132 valence electrons. The summed E-state index contributed by atoms with van der Waals surface area (Å²) in [6, 6.07) is 6.10. The second-order valence-electron chi connectivity index (χ2n) is 6.58. The van der Waals surface area contributed by atoms with Crippen LogP contribution in [0.4, 0.5) is 0 Å². The van der Waals surface area contributed by atoms with Crippen molar-refractivity contribution in [2.45, 2.75) is 44.6 Å². The summed E-state index contributed by atoms with van der Waals surface area (Å²) >= 11 is 0. The summed E-state index contributed by atoms with van der Waals surface area (Å²) in [5.74, 6) is 0.345. The highest BCUT2D eigenvalue weighted by Gasteiger charge is 2.19. The molecule has 3 rings (SSSR count). The molecule has 0 radical (unpaired) electrons. The van der Waals surface area contributed by atoms with Gasteiger partial charge in [0.15, 0.2) is 0 Å². The van der Waals surface area contributed by atoms with E-state index in [1.54, 1.807) is 13.2 Å². The summed E-state index contributed by atoms with van der Waals surface area (Å²) in [5.41, 5.74) is 3.47. The molecule has 1 aromatic rings. The zero-order chi connectivity index (χ0) is 17.6. The van der Waals surface area contributed by atoms with Crippen LogP contribution in [0.1, 0.15) is 42.4 Å². The number of nitrogens with zero attached hydrogens (tertiary/aromatic N) is 1. The first-order chi connectivity index (χ1) is 12.2. The quantitative estimate of drug-likeness (QED) is 0.661. The molecule has 1 saturated heterocycles. The lowest BCUT2D eigenvalue weighted by molar-refractivity contribution is -0.117. The van der Waals surface area contributed by atoms with E-state index < -0.39 is 0 Å². The molecule has 0 bridgehead atoms. The molecular weight excluding hydrogens is 316 g/mol. The van der Waals surface area contributed by atoms with Gasteiger partial charge in [-0.05, 0) is 67.9 Å². The third-order valence-electron chi connectivity index (χ3n) is 4.87. The number of methoxy groups -OCH3 is 1. The van der Waals surface area contributed by atoms with Crippen LogP contribution in [0.2, 0.25) is 0 Å². The van der Waals surface area contributed by atoms with Crippen molar-refractivity contribution in [3.8, 4) is 11.8 Å². The minimum atomic E-state index is -0.363. The van der Waals surface area contributed by atoms with Crippen LogP contribution in [0.5, 0.6) is 5.75 Å². The Labute approximate surface area is 148 Å². The predicted octanol–water partition coefficient (Wildman–Crippen LogP) is 2.78. The van der Waals surface area contributed by atoms with E-state index in [-0.39, 0.29) is 17.6 Å². The number of rotatable bonds is 5. The second kappa shape index (κ2) is 8.17. The third kappa shape index (κ3) is 4.21. The van der Waals surface area contributed by atoms with Crippen LogP contribution < -0.4 is 10.1 Å². The van der Waals surface area contributed by atoms with Gasteiger partial charge in [0.1, 0.15) is 17.4 Å². The van der Waals surface area contributed by atoms with E-state index in [9.17, 15) is 10.1 Å². The maximum absolute atomic E-state index is 12.3. The number of fused-ring (bicyclic) bond motifs is 1. The van der Waals surface area contributed by atoms with E-state index >= 15 is 0 Å². The Morgan fingerprint density at radius 3 is 2.76 bits per heavy atom. The van der Waals surface area contributed by atoms with Gasteiger partial charge in [0, 0.05) is 18.7 Å². The van der Waals surface area contributed by atoms with E-state index in [2.05, 4.69) is 11.4 Å². The molecule has 1 aliphatic carbocycles. The average Bonchev–Trinajstić information content (AvgIpc) is 3.17. The van der Waals surface area contributed by atoms with Crippen LogP contribution in [-0.4, -0.2) is 32.3 Å². The van der Waals surface area contributed by atoms with Crippen molar-refractivity contribution < 1.29 is 14.3 Å². The van der Waals surface area contributed by atoms with Crippen LogP contribution in [0.3, 0.4) is 0 Å². The number of nitriles is 1. The molecule has 0 unspecified atom stereocenters. The Bertz CT molecular complexity index is 712. The predicted molar refractivity (Wildman–Crippen MR) is 95.2 cm³/mol. The molecule has 1 aliphatic heterocycles. The highest BCUT2D eigenvalue weighted by atomic mass is 16.5. The fourth-order valence-corrected chi connectivity index (χ4v) is 3.48. The van der Waals surface area contributed by atoms with Crippen molar-refractivity contribution in [2.75, 3.05) is 20.3 Å². The Morgan fingerprint density at radius 1 is 1.36 bits per heavy atom. The molecule has 1 atom stereocenters. The van der Waals surface area contributed by atoms with E-state index in [1.807, 2.05) is 12.1 Å². The van der Waals surface area contributed by atoms with Crippen molar-refractivity contribution in [3.05, 3.63) is 34.4 Å². The van der Waals surface area contributed by atoms with Gasteiger partial charge in [0.05, 0.1) is 13.2 Å². The van der Waals surface area contributed by atoms with Gasteiger partial charge in [0.25, 0.3) is 5.91 Å². The van der Waals surface area contributed by atoms with Gasteiger partial charge in [-0.25, -0.2) is 0 Å². The lowest BCUT2D eigenvalue weighted by atomic mass is 9.89.